The number of hydrogen-bond donors (Lipinski definition) is 1. The molecular formula is C22H25N3O6S. The summed E-state index contributed by atoms with van der Waals surface area (Å²) in [6, 6.07) is 5.71. The van der Waals surface area contributed by atoms with E-state index in [2.05, 4.69) is 5.32 Å². The van der Waals surface area contributed by atoms with Gasteiger partial charge in [0, 0.05) is 31.3 Å². The molecule has 0 radical (unpaired) electrons. The van der Waals surface area contributed by atoms with E-state index >= 15 is 0 Å². The number of hydrogen-bond acceptors (Lipinski definition) is 7. The van der Waals surface area contributed by atoms with Gasteiger partial charge in [0.15, 0.2) is 0 Å². The van der Waals surface area contributed by atoms with Crippen molar-refractivity contribution in [2.75, 3.05) is 25.0 Å². The van der Waals surface area contributed by atoms with E-state index in [1.807, 2.05) is 13.8 Å². The van der Waals surface area contributed by atoms with Crippen molar-refractivity contribution in [3.63, 3.8) is 0 Å². The normalized spacial score (nSPS) is 10.8. The molecule has 1 aromatic carbocycles. The fourth-order valence-electron chi connectivity index (χ4n) is 2.94. The number of nitro groups is 1. The van der Waals surface area contributed by atoms with Gasteiger partial charge in [-0.25, -0.2) is 4.79 Å². The average Bonchev–Trinajstić information content (AvgIpc) is 3.09. The lowest BCUT2D eigenvalue weighted by molar-refractivity contribution is -0.384. The highest BCUT2D eigenvalue weighted by atomic mass is 32.1. The number of ether oxygens (including phenoxy) is 1. The summed E-state index contributed by atoms with van der Waals surface area (Å²) in [6.07, 6.45) is 2.74. The van der Waals surface area contributed by atoms with Gasteiger partial charge in [-0.3, -0.25) is 19.7 Å². The average molecular weight is 460 g/mol. The summed E-state index contributed by atoms with van der Waals surface area (Å²) in [5.74, 6) is -1.35. The SMILES string of the molecule is CCOC(=O)c1c(NC(=O)/C=C/c2ccc([N+](=O)[O-])cc2)sc(C(=O)N(CC)CC)c1C. The lowest BCUT2D eigenvalue weighted by Crippen LogP contribution is -2.30. The minimum Gasteiger partial charge on any atom is -0.462 e. The smallest absolute Gasteiger partial charge is 0.341 e. The van der Waals surface area contributed by atoms with Crippen LogP contribution in [0.2, 0.25) is 0 Å². The zero-order valence-corrected chi connectivity index (χ0v) is 19.2. The molecule has 0 aliphatic rings. The third-order valence-electron chi connectivity index (χ3n) is 4.64. The molecule has 0 unspecified atom stereocenters. The summed E-state index contributed by atoms with van der Waals surface area (Å²) < 4.78 is 5.12. The van der Waals surface area contributed by atoms with Crippen LogP contribution in [0.15, 0.2) is 30.3 Å². The van der Waals surface area contributed by atoms with Crippen LogP contribution in [0, 0.1) is 17.0 Å². The van der Waals surface area contributed by atoms with Crippen LogP contribution in [0.5, 0.6) is 0 Å². The number of nitro benzene ring substituents is 1. The summed E-state index contributed by atoms with van der Waals surface area (Å²) in [6.45, 7) is 8.24. The monoisotopic (exact) mass is 459 g/mol. The summed E-state index contributed by atoms with van der Waals surface area (Å²) in [5.41, 5.74) is 1.16. The zero-order valence-electron chi connectivity index (χ0n) is 18.3. The minimum absolute atomic E-state index is 0.0508. The molecule has 32 heavy (non-hydrogen) atoms. The number of nitrogens with one attached hydrogen (secondary N) is 1. The van der Waals surface area contributed by atoms with Crippen LogP contribution in [0.3, 0.4) is 0 Å². The predicted octanol–water partition coefficient (Wildman–Crippen LogP) is 4.28. The van der Waals surface area contributed by atoms with Gasteiger partial charge < -0.3 is 15.0 Å². The molecule has 1 N–H and O–H groups in total. The molecule has 0 spiro atoms. The fraction of sp³-hybridized carbons (Fsp3) is 0.318. The maximum Gasteiger partial charge on any atom is 0.341 e. The van der Waals surface area contributed by atoms with E-state index in [1.165, 1.54) is 36.4 Å². The molecule has 1 aromatic heterocycles. The number of thiophene rings is 1. The van der Waals surface area contributed by atoms with Crippen LogP contribution in [0.1, 0.15) is 51.9 Å². The van der Waals surface area contributed by atoms with Gasteiger partial charge in [0.1, 0.15) is 5.00 Å². The first kappa shape index (κ1) is 24.7. The lowest BCUT2D eigenvalue weighted by Gasteiger charge is -2.18. The molecule has 1 heterocycles. The van der Waals surface area contributed by atoms with Crippen molar-refractivity contribution < 1.29 is 24.0 Å². The van der Waals surface area contributed by atoms with Gasteiger partial charge in [-0.1, -0.05) is 0 Å². The topological polar surface area (TPSA) is 119 Å². The van der Waals surface area contributed by atoms with Crippen LogP contribution in [0.4, 0.5) is 10.7 Å². The highest BCUT2D eigenvalue weighted by molar-refractivity contribution is 7.18. The molecule has 10 heteroatoms. The van der Waals surface area contributed by atoms with Gasteiger partial charge >= 0.3 is 5.97 Å². The molecule has 0 aliphatic heterocycles. The van der Waals surface area contributed by atoms with Crippen molar-refractivity contribution >= 4 is 45.9 Å². The number of carbonyl (C=O) groups excluding carboxylic acids is 3. The number of nitrogens with zero attached hydrogens (tertiary/aromatic N) is 2. The maximum absolute atomic E-state index is 12.9. The van der Waals surface area contributed by atoms with Crippen molar-refractivity contribution in [3.05, 3.63) is 62.0 Å². The minimum atomic E-state index is -0.616. The van der Waals surface area contributed by atoms with E-state index in [9.17, 15) is 24.5 Å². The highest BCUT2D eigenvalue weighted by Crippen LogP contribution is 2.34. The summed E-state index contributed by atoms with van der Waals surface area (Å²) in [7, 11) is 0. The third kappa shape index (κ3) is 5.79. The van der Waals surface area contributed by atoms with E-state index < -0.39 is 16.8 Å². The standard InChI is InChI=1S/C22H25N3O6S/c1-5-24(6-2)21(27)19-14(4)18(22(28)31-7-3)20(32-19)23-17(26)13-10-15-8-11-16(12-9-15)25(29)30/h8-13H,5-7H2,1-4H3,(H,23,26)/b13-10+. The second kappa shape index (κ2) is 11.2. The molecule has 0 atom stereocenters. The number of carbonyl (C=O) groups is 3. The Morgan fingerprint density at radius 1 is 1.16 bits per heavy atom. The highest BCUT2D eigenvalue weighted by Gasteiger charge is 2.28. The Labute approximate surface area is 189 Å². The summed E-state index contributed by atoms with van der Waals surface area (Å²) in [5, 5.41) is 13.6. The van der Waals surface area contributed by atoms with Crippen LogP contribution >= 0.6 is 11.3 Å². The van der Waals surface area contributed by atoms with Crippen LogP contribution in [-0.2, 0) is 9.53 Å². The Kier molecular flexibility index (Phi) is 8.65. The maximum atomic E-state index is 12.9. The van der Waals surface area contributed by atoms with E-state index in [-0.39, 0.29) is 28.8 Å². The molecule has 0 fully saturated rings. The third-order valence-corrected chi connectivity index (χ3v) is 5.83. The summed E-state index contributed by atoms with van der Waals surface area (Å²) in [4.78, 5) is 50.1. The Bertz CT molecular complexity index is 1040. The molecule has 0 saturated carbocycles. The first-order valence-corrected chi connectivity index (χ1v) is 10.9. The Hall–Kier alpha value is -3.53. The number of non-ortho nitro benzene ring substituents is 1. The summed E-state index contributed by atoms with van der Waals surface area (Å²) >= 11 is 1.03. The molecule has 9 nitrogen and oxygen atoms in total. The van der Waals surface area contributed by atoms with Crippen LogP contribution in [-0.4, -0.2) is 47.3 Å². The Balaban J connectivity index is 2.31. The largest absolute Gasteiger partial charge is 0.462 e. The molecular weight excluding hydrogens is 434 g/mol. The molecule has 2 aromatic rings. The molecule has 0 bridgehead atoms. The molecule has 2 rings (SSSR count). The van der Waals surface area contributed by atoms with Gasteiger partial charge in [-0.2, -0.15) is 0 Å². The van der Waals surface area contributed by atoms with E-state index in [0.717, 1.165) is 11.3 Å². The second-order valence-electron chi connectivity index (χ2n) is 6.63. The van der Waals surface area contributed by atoms with Crippen molar-refractivity contribution in [1.82, 2.24) is 4.90 Å². The number of amides is 2. The van der Waals surface area contributed by atoms with E-state index in [4.69, 9.17) is 4.74 Å². The first-order chi connectivity index (χ1) is 15.2. The van der Waals surface area contributed by atoms with Crippen molar-refractivity contribution in [2.24, 2.45) is 0 Å². The second-order valence-corrected chi connectivity index (χ2v) is 7.65. The molecule has 170 valence electrons. The van der Waals surface area contributed by atoms with E-state index in [0.29, 0.717) is 29.1 Å². The molecule has 2 amide bonds. The van der Waals surface area contributed by atoms with Crippen LogP contribution < -0.4 is 5.32 Å². The Morgan fingerprint density at radius 3 is 2.31 bits per heavy atom. The van der Waals surface area contributed by atoms with Gasteiger partial charge in [0.05, 0.1) is 22.0 Å². The van der Waals surface area contributed by atoms with E-state index in [1.54, 1.807) is 18.7 Å². The quantitative estimate of drug-likeness (QED) is 0.259. The molecule has 0 saturated heterocycles. The van der Waals surface area contributed by atoms with Crippen LogP contribution in [0.25, 0.3) is 6.08 Å². The Morgan fingerprint density at radius 2 is 1.78 bits per heavy atom. The fourth-order valence-corrected chi connectivity index (χ4v) is 4.11. The number of anilines is 1. The van der Waals surface area contributed by atoms with Crippen molar-refractivity contribution in [2.45, 2.75) is 27.7 Å². The van der Waals surface area contributed by atoms with Gasteiger partial charge in [0.25, 0.3) is 11.6 Å². The number of rotatable bonds is 9. The zero-order chi connectivity index (χ0) is 23.8. The first-order valence-electron chi connectivity index (χ1n) is 10.1. The number of esters is 1. The van der Waals surface area contributed by atoms with Gasteiger partial charge in [0.2, 0.25) is 5.91 Å². The van der Waals surface area contributed by atoms with Crippen molar-refractivity contribution in [3.8, 4) is 0 Å². The predicted molar refractivity (Wildman–Crippen MR) is 123 cm³/mol. The lowest BCUT2D eigenvalue weighted by atomic mass is 10.1. The van der Waals surface area contributed by atoms with Gasteiger partial charge in [-0.15, -0.1) is 11.3 Å². The molecule has 0 aliphatic carbocycles. The van der Waals surface area contributed by atoms with Gasteiger partial charge in [-0.05, 0) is 57.0 Å². The number of benzene rings is 1. The van der Waals surface area contributed by atoms with Crippen molar-refractivity contribution in [1.29, 1.82) is 0 Å².